The van der Waals surface area contributed by atoms with Gasteiger partial charge in [-0.2, -0.15) is 0 Å². The number of hydrogen-bond acceptors (Lipinski definition) is 2. The van der Waals surface area contributed by atoms with Crippen molar-refractivity contribution in [2.24, 2.45) is 0 Å². The summed E-state index contributed by atoms with van der Waals surface area (Å²) >= 11 is 0. The first kappa shape index (κ1) is 33.4. The highest BCUT2D eigenvalue weighted by Gasteiger charge is 2.38. The molecule has 0 saturated carbocycles. The van der Waals surface area contributed by atoms with Crippen molar-refractivity contribution in [2.75, 3.05) is 9.80 Å². The van der Waals surface area contributed by atoms with Gasteiger partial charge in [0.15, 0.2) is 0 Å². The minimum absolute atomic E-state index is 1.11. The highest BCUT2D eigenvalue weighted by Crippen LogP contribution is 2.46. The molecule has 2 nitrogen and oxygen atoms in total. The van der Waals surface area contributed by atoms with Crippen molar-refractivity contribution in [3.8, 4) is 11.1 Å². The third-order valence-corrected chi connectivity index (χ3v) is 15.7. The molecule has 57 heavy (non-hydrogen) atoms. The van der Waals surface area contributed by atoms with Crippen LogP contribution in [0.4, 0.5) is 34.1 Å². The first-order valence-corrected chi connectivity index (χ1v) is 22.9. The molecule has 0 N–H and O–H groups in total. The molecule has 10 aromatic carbocycles. The van der Waals surface area contributed by atoms with Crippen LogP contribution in [-0.4, -0.2) is 8.07 Å². The van der Waals surface area contributed by atoms with Crippen LogP contribution < -0.4 is 20.2 Å². The zero-order valence-electron chi connectivity index (χ0n) is 32.0. The number of nitrogens with zero attached hydrogens (tertiary/aromatic N) is 2. The molecule has 11 rings (SSSR count). The van der Waals surface area contributed by atoms with Crippen LogP contribution in [0.3, 0.4) is 0 Å². The van der Waals surface area contributed by atoms with E-state index in [0.717, 1.165) is 17.1 Å². The lowest BCUT2D eigenvalue weighted by Crippen LogP contribution is -2.58. The largest absolute Gasteiger partial charge is 0.311 e. The van der Waals surface area contributed by atoms with Crippen molar-refractivity contribution in [2.45, 2.75) is 13.1 Å². The molecule has 0 bridgehead atoms. The number of fused-ring (bicyclic) bond motifs is 8. The molecule has 0 aromatic heterocycles. The molecule has 0 saturated heterocycles. The zero-order valence-corrected chi connectivity index (χ0v) is 33.0. The quantitative estimate of drug-likeness (QED) is 0.128. The minimum atomic E-state index is -1.87. The molecular formula is C54H40N2Si. The first-order chi connectivity index (χ1) is 28.0. The lowest BCUT2D eigenvalue weighted by atomic mass is 9.96. The molecule has 0 radical (unpaired) electrons. The third-order valence-electron chi connectivity index (χ3n) is 12.2. The van der Waals surface area contributed by atoms with Gasteiger partial charge in [0.1, 0.15) is 8.07 Å². The van der Waals surface area contributed by atoms with Crippen molar-refractivity contribution < 1.29 is 0 Å². The van der Waals surface area contributed by atoms with E-state index in [1.807, 2.05) is 0 Å². The van der Waals surface area contributed by atoms with Gasteiger partial charge in [-0.05, 0) is 102 Å². The molecule has 0 amide bonds. The number of rotatable bonds is 5. The monoisotopic (exact) mass is 744 g/mol. The van der Waals surface area contributed by atoms with Gasteiger partial charge in [-0.15, -0.1) is 0 Å². The Hall–Kier alpha value is -6.94. The predicted molar refractivity (Wildman–Crippen MR) is 248 cm³/mol. The number of hydrogen-bond donors (Lipinski definition) is 0. The summed E-state index contributed by atoms with van der Waals surface area (Å²) in [6, 6.07) is 76.2. The molecule has 10 aromatic rings. The van der Waals surface area contributed by atoms with Gasteiger partial charge in [0.05, 0.1) is 11.4 Å². The van der Waals surface area contributed by atoms with Crippen molar-refractivity contribution in [3.63, 3.8) is 0 Å². The maximum Gasteiger partial charge on any atom is 0.117 e. The summed E-state index contributed by atoms with van der Waals surface area (Å²) < 4.78 is 0. The minimum Gasteiger partial charge on any atom is -0.311 e. The molecule has 0 aliphatic carbocycles. The van der Waals surface area contributed by atoms with Gasteiger partial charge in [-0.1, -0.05) is 171 Å². The van der Waals surface area contributed by atoms with Crippen LogP contribution in [0.5, 0.6) is 0 Å². The highest BCUT2D eigenvalue weighted by molar-refractivity contribution is 7.02. The fourth-order valence-corrected chi connectivity index (χ4v) is 12.4. The summed E-state index contributed by atoms with van der Waals surface area (Å²) in [5.74, 6) is 0. The van der Waals surface area contributed by atoms with Crippen molar-refractivity contribution in [3.05, 3.63) is 206 Å². The van der Waals surface area contributed by atoms with Crippen molar-refractivity contribution >= 4 is 95.7 Å². The van der Waals surface area contributed by atoms with E-state index in [1.165, 1.54) is 81.7 Å². The normalized spacial score (nSPS) is 13.2. The Labute approximate surface area is 334 Å². The van der Waals surface area contributed by atoms with Crippen LogP contribution in [0.1, 0.15) is 0 Å². The van der Waals surface area contributed by atoms with Crippen LogP contribution >= 0.6 is 0 Å². The van der Waals surface area contributed by atoms with Gasteiger partial charge in [0.2, 0.25) is 0 Å². The molecular weight excluding hydrogens is 705 g/mol. The van der Waals surface area contributed by atoms with E-state index in [2.05, 4.69) is 229 Å². The van der Waals surface area contributed by atoms with Gasteiger partial charge in [0.25, 0.3) is 0 Å². The average molecular weight is 745 g/mol. The molecule has 0 unspecified atom stereocenters. The van der Waals surface area contributed by atoms with E-state index < -0.39 is 8.07 Å². The molecule has 0 fully saturated rings. The molecule has 270 valence electrons. The Kier molecular flexibility index (Phi) is 7.67. The molecule has 1 heterocycles. The second kappa shape index (κ2) is 13.1. The van der Waals surface area contributed by atoms with Crippen molar-refractivity contribution in [1.82, 2.24) is 0 Å². The van der Waals surface area contributed by atoms with Gasteiger partial charge in [-0.3, -0.25) is 0 Å². The van der Waals surface area contributed by atoms with Gasteiger partial charge < -0.3 is 9.80 Å². The first-order valence-electron chi connectivity index (χ1n) is 19.9. The molecule has 1 aliphatic heterocycles. The Bertz CT molecular complexity index is 3010. The van der Waals surface area contributed by atoms with Crippen LogP contribution in [0.25, 0.3) is 54.2 Å². The van der Waals surface area contributed by atoms with Gasteiger partial charge in [0, 0.05) is 33.5 Å². The Morgan fingerprint density at radius 3 is 1.37 bits per heavy atom. The van der Waals surface area contributed by atoms with Crippen LogP contribution in [0.2, 0.25) is 13.1 Å². The lowest BCUT2D eigenvalue weighted by molar-refractivity contribution is 1.28. The maximum absolute atomic E-state index is 2.48. The average Bonchev–Trinajstić information content (AvgIpc) is 3.27. The number of benzene rings is 10. The van der Waals surface area contributed by atoms with Gasteiger partial charge >= 0.3 is 0 Å². The zero-order chi connectivity index (χ0) is 38.1. The number of anilines is 6. The Morgan fingerprint density at radius 1 is 0.368 bits per heavy atom. The lowest BCUT2D eigenvalue weighted by Gasteiger charge is -2.41. The number of para-hydroxylation sites is 2. The molecule has 0 atom stereocenters. The summed E-state index contributed by atoms with van der Waals surface area (Å²) in [5, 5.41) is 12.9. The molecule has 3 heteroatoms. The fraction of sp³-hybridized carbons (Fsp3) is 0.0370. The van der Waals surface area contributed by atoms with E-state index >= 15 is 0 Å². The highest BCUT2D eigenvalue weighted by atomic mass is 28.3. The van der Waals surface area contributed by atoms with E-state index in [0.29, 0.717) is 0 Å². The second-order valence-electron chi connectivity index (χ2n) is 15.8. The van der Waals surface area contributed by atoms with E-state index in [9.17, 15) is 0 Å². The van der Waals surface area contributed by atoms with E-state index in [4.69, 9.17) is 0 Å². The van der Waals surface area contributed by atoms with Crippen LogP contribution in [0.15, 0.2) is 206 Å². The maximum atomic E-state index is 2.48. The topological polar surface area (TPSA) is 6.48 Å². The third kappa shape index (κ3) is 5.31. The van der Waals surface area contributed by atoms with E-state index in [-0.39, 0.29) is 0 Å². The summed E-state index contributed by atoms with van der Waals surface area (Å²) in [5.41, 5.74) is 9.56. The Balaban J connectivity index is 1.08. The smallest absolute Gasteiger partial charge is 0.117 e. The van der Waals surface area contributed by atoms with E-state index in [1.54, 1.807) is 0 Å². The Morgan fingerprint density at radius 2 is 0.825 bits per heavy atom. The SMILES string of the molecule is C[Si]1(C)c2ccccc2N(c2cccc(-c3ccc(N(c4cc5ccccc5c5ccccc45)c4cc5ccccc5c5ccccc45)cc3)c2)c2ccccc21. The van der Waals surface area contributed by atoms with Crippen LogP contribution in [-0.2, 0) is 0 Å². The standard InChI is InChI=1S/C54H40N2Si/c1-57(2)53-28-13-11-26-49(53)56(50-27-12-14-29-54(50)57)42-19-15-18-38(34-42)37-30-32-41(33-31-37)55(51-35-39-16-3-5-20-43(39)45-22-7-9-24-47(45)51)52-36-40-17-4-6-21-44(40)46-23-8-10-25-48(46)52/h3-36H,1-2H3. The van der Waals surface area contributed by atoms with Crippen molar-refractivity contribution in [1.29, 1.82) is 0 Å². The van der Waals surface area contributed by atoms with Crippen LogP contribution in [0, 0.1) is 0 Å². The molecule has 0 spiro atoms. The fourth-order valence-electron chi connectivity index (χ4n) is 9.42. The summed E-state index contributed by atoms with van der Waals surface area (Å²) in [6.45, 7) is 4.95. The summed E-state index contributed by atoms with van der Waals surface area (Å²) in [4.78, 5) is 4.95. The second-order valence-corrected chi connectivity index (χ2v) is 20.1. The predicted octanol–water partition coefficient (Wildman–Crippen LogP) is 14.0. The summed E-state index contributed by atoms with van der Waals surface area (Å²) in [6.07, 6.45) is 0. The van der Waals surface area contributed by atoms with Gasteiger partial charge in [-0.25, -0.2) is 0 Å². The molecule has 1 aliphatic rings. The summed E-state index contributed by atoms with van der Waals surface area (Å²) in [7, 11) is -1.87.